The second-order valence-corrected chi connectivity index (χ2v) is 5.52. The number of ether oxygens (including phenoxy) is 1. The van der Waals surface area contributed by atoms with Crippen molar-refractivity contribution >= 4 is 21.6 Å². The van der Waals surface area contributed by atoms with Gasteiger partial charge in [0.15, 0.2) is 0 Å². The van der Waals surface area contributed by atoms with E-state index in [9.17, 15) is 8.42 Å². The van der Waals surface area contributed by atoms with Crippen LogP contribution in [0.15, 0.2) is 23.1 Å². The first kappa shape index (κ1) is 14.3. The predicted molar refractivity (Wildman–Crippen MR) is 68.0 cm³/mol. The molecule has 0 spiro atoms. The van der Waals surface area contributed by atoms with Gasteiger partial charge in [0.1, 0.15) is 10.6 Å². The summed E-state index contributed by atoms with van der Waals surface area (Å²) in [6.07, 6.45) is 0.733. The molecule has 1 rings (SSSR count). The molecule has 0 aliphatic rings. The Kier molecular flexibility index (Phi) is 5.24. The summed E-state index contributed by atoms with van der Waals surface area (Å²) in [7, 11) is -2.09. The Hall–Kier alpha value is -0.780. The Balaban J connectivity index is 3.17. The van der Waals surface area contributed by atoms with Crippen LogP contribution in [0, 0.1) is 0 Å². The van der Waals surface area contributed by atoms with Crippen LogP contribution in [0.1, 0.15) is 18.9 Å². The topological polar surface area (TPSA) is 55.4 Å². The number of halogens is 1. The van der Waals surface area contributed by atoms with Crippen molar-refractivity contribution in [2.24, 2.45) is 0 Å². The SMILES string of the molecule is CCCNS(=O)(=O)c1cc(CCl)ccc1OC. The molecule has 0 aromatic heterocycles. The minimum absolute atomic E-state index is 0.131. The highest BCUT2D eigenvalue weighted by atomic mass is 35.5. The molecule has 0 aliphatic carbocycles. The first-order chi connectivity index (χ1) is 8.05. The van der Waals surface area contributed by atoms with E-state index >= 15 is 0 Å². The van der Waals surface area contributed by atoms with Crippen LogP contribution in [-0.4, -0.2) is 22.1 Å². The van der Waals surface area contributed by atoms with E-state index in [2.05, 4.69) is 4.72 Å². The number of methoxy groups -OCH3 is 1. The molecule has 0 saturated heterocycles. The molecule has 0 aliphatic heterocycles. The number of nitrogens with one attached hydrogen (secondary N) is 1. The molecule has 1 N–H and O–H groups in total. The van der Waals surface area contributed by atoms with Crippen LogP contribution in [0.3, 0.4) is 0 Å². The third-order valence-corrected chi connectivity index (χ3v) is 4.00. The van der Waals surface area contributed by atoms with Crippen molar-refractivity contribution in [2.45, 2.75) is 24.1 Å². The molecule has 0 unspecified atom stereocenters. The van der Waals surface area contributed by atoms with Crippen molar-refractivity contribution in [3.63, 3.8) is 0 Å². The Morgan fingerprint density at radius 2 is 2.12 bits per heavy atom. The van der Waals surface area contributed by atoms with Gasteiger partial charge in [-0.05, 0) is 24.1 Å². The Morgan fingerprint density at radius 3 is 2.65 bits per heavy atom. The summed E-state index contributed by atoms with van der Waals surface area (Å²) in [5.74, 6) is 0.586. The van der Waals surface area contributed by atoms with Crippen LogP contribution >= 0.6 is 11.6 Å². The smallest absolute Gasteiger partial charge is 0.244 e. The third-order valence-electron chi connectivity index (χ3n) is 2.21. The van der Waals surface area contributed by atoms with E-state index in [0.717, 1.165) is 12.0 Å². The maximum absolute atomic E-state index is 12.0. The van der Waals surface area contributed by atoms with Gasteiger partial charge in [-0.2, -0.15) is 0 Å². The summed E-state index contributed by atoms with van der Waals surface area (Å²) in [5.41, 5.74) is 0.740. The van der Waals surface area contributed by atoms with E-state index in [4.69, 9.17) is 16.3 Å². The second-order valence-electron chi connectivity index (χ2n) is 3.52. The van der Waals surface area contributed by atoms with Gasteiger partial charge in [-0.25, -0.2) is 13.1 Å². The molecular formula is C11H16ClNO3S. The van der Waals surface area contributed by atoms with Gasteiger partial charge in [-0.3, -0.25) is 0 Å². The predicted octanol–water partition coefficient (Wildman–Crippen LogP) is 2.12. The van der Waals surface area contributed by atoms with Crippen molar-refractivity contribution in [1.82, 2.24) is 4.72 Å². The summed E-state index contributed by atoms with van der Waals surface area (Å²) in [5, 5.41) is 0. The third kappa shape index (κ3) is 3.59. The van der Waals surface area contributed by atoms with Crippen LogP contribution < -0.4 is 9.46 Å². The molecule has 17 heavy (non-hydrogen) atoms. The van der Waals surface area contributed by atoms with Crippen LogP contribution in [0.25, 0.3) is 0 Å². The highest BCUT2D eigenvalue weighted by molar-refractivity contribution is 7.89. The van der Waals surface area contributed by atoms with Gasteiger partial charge in [-0.1, -0.05) is 13.0 Å². The number of hydrogen-bond donors (Lipinski definition) is 1. The summed E-state index contributed by atoms with van der Waals surface area (Å²) in [6, 6.07) is 4.88. The fourth-order valence-corrected chi connectivity index (χ4v) is 2.85. The molecule has 4 nitrogen and oxygen atoms in total. The van der Waals surface area contributed by atoms with E-state index in [1.807, 2.05) is 6.92 Å². The first-order valence-electron chi connectivity index (χ1n) is 5.27. The Bertz CT molecular complexity index is 474. The molecule has 0 fully saturated rings. The molecule has 6 heteroatoms. The van der Waals surface area contributed by atoms with Gasteiger partial charge in [0.2, 0.25) is 10.0 Å². The molecule has 1 aromatic rings. The summed E-state index contributed by atoms with van der Waals surface area (Å²) < 4.78 is 31.6. The summed E-state index contributed by atoms with van der Waals surface area (Å²) >= 11 is 5.69. The highest BCUT2D eigenvalue weighted by Gasteiger charge is 2.19. The summed E-state index contributed by atoms with van der Waals surface area (Å²) in [4.78, 5) is 0.131. The molecular weight excluding hydrogens is 262 g/mol. The van der Waals surface area contributed by atoms with Gasteiger partial charge < -0.3 is 4.74 Å². The number of benzene rings is 1. The van der Waals surface area contributed by atoms with Crippen molar-refractivity contribution < 1.29 is 13.2 Å². The molecule has 0 saturated carbocycles. The van der Waals surface area contributed by atoms with E-state index in [0.29, 0.717) is 12.3 Å². The molecule has 0 bridgehead atoms. The van der Waals surface area contributed by atoms with Crippen molar-refractivity contribution in [2.75, 3.05) is 13.7 Å². The lowest BCUT2D eigenvalue weighted by molar-refractivity contribution is 0.402. The van der Waals surface area contributed by atoms with E-state index in [1.165, 1.54) is 13.2 Å². The van der Waals surface area contributed by atoms with Gasteiger partial charge in [-0.15, -0.1) is 11.6 Å². The standard InChI is InChI=1S/C11H16ClNO3S/c1-3-6-13-17(14,15)11-7-9(8-12)4-5-10(11)16-2/h4-5,7,13H,3,6,8H2,1-2H3. The van der Waals surface area contributed by atoms with Crippen LogP contribution in [-0.2, 0) is 15.9 Å². The number of rotatable bonds is 6. The lowest BCUT2D eigenvalue weighted by Gasteiger charge is -2.11. The maximum Gasteiger partial charge on any atom is 0.244 e. The fraction of sp³-hybridized carbons (Fsp3) is 0.455. The monoisotopic (exact) mass is 277 g/mol. The minimum Gasteiger partial charge on any atom is -0.495 e. The molecule has 0 atom stereocenters. The van der Waals surface area contributed by atoms with Gasteiger partial charge in [0, 0.05) is 12.4 Å². The van der Waals surface area contributed by atoms with Crippen LogP contribution in [0.2, 0.25) is 0 Å². The molecule has 0 amide bonds. The normalized spacial score (nSPS) is 11.5. The quantitative estimate of drug-likeness (QED) is 0.811. The number of hydrogen-bond acceptors (Lipinski definition) is 3. The zero-order chi connectivity index (χ0) is 12.9. The molecule has 96 valence electrons. The first-order valence-corrected chi connectivity index (χ1v) is 7.29. The van der Waals surface area contributed by atoms with E-state index in [-0.39, 0.29) is 10.8 Å². The van der Waals surface area contributed by atoms with Crippen molar-refractivity contribution in [3.05, 3.63) is 23.8 Å². The van der Waals surface area contributed by atoms with Crippen molar-refractivity contribution in [1.29, 1.82) is 0 Å². The number of sulfonamides is 1. The van der Waals surface area contributed by atoms with Crippen molar-refractivity contribution in [3.8, 4) is 5.75 Å². The minimum atomic E-state index is -3.53. The fourth-order valence-electron chi connectivity index (χ4n) is 1.33. The molecule has 1 aromatic carbocycles. The van der Waals surface area contributed by atoms with Crippen LogP contribution in [0.4, 0.5) is 0 Å². The summed E-state index contributed by atoms with van der Waals surface area (Å²) in [6.45, 7) is 2.30. The zero-order valence-electron chi connectivity index (χ0n) is 9.86. The number of alkyl halides is 1. The highest BCUT2D eigenvalue weighted by Crippen LogP contribution is 2.25. The van der Waals surface area contributed by atoms with E-state index < -0.39 is 10.0 Å². The van der Waals surface area contributed by atoms with Gasteiger partial charge in [0.05, 0.1) is 7.11 Å². The molecule has 0 radical (unpaired) electrons. The average Bonchev–Trinajstić information content (AvgIpc) is 2.35. The largest absolute Gasteiger partial charge is 0.495 e. The second kappa shape index (κ2) is 6.23. The van der Waals surface area contributed by atoms with E-state index in [1.54, 1.807) is 12.1 Å². The van der Waals surface area contributed by atoms with Gasteiger partial charge >= 0.3 is 0 Å². The molecule has 0 heterocycles. The Morgan fingerprint density at radius 1 is 1.41 bits per heavy atom. The lowest BCUT2D eigenvalue weighted by Crippen LogP contribution is -2.25. The lowest BCUT2D eigenvalue weighted by atomic mass is 10.2. The average molecular weight is 278 g/mol. The Labute approximate surface area is 107 Å². The van der Waals surface area contributed by atoms with Crippen LogP contribution in [0.5, 0.6) is 5.75 Å². The zero-order valence-corrected chi connectivity index (χ0v) is 11.4. The maximum atomic E-state index is 12.0. The van der Waals surface area contributed by atoms with Gasteiger partial charge in [0.25, 0.3) is 0 Å².